The van der Waals surface area contributed by atoms with Crippen LogP contribution in [-0.4, -0.2) is 0 Å². The number of rotatable bonds is 7. The Balaban J connectivity index is 2.06. The van der Waals surface area contributed by atoms with Crippen molar-refractivity contribution < 1.29 is 0 Å². The quantitative estimate of drug-likeness (QED) is 0.501. The Labute approximate surface area is 90.5 Å². The highest BCUT2D eigenvalue weighted by Gasteiger charge is 2.48. The molecule has 0 saturated heterocycles. The van der Waals surface area contributed by atoms with Crippen LogP contribution in [0.25, 0.3) is 0 Å². The molecule has 0 amide bonds. The molecule has 0 N–H and O–H groups in total. The molecule has 1 rings (SSSR count). The molecular formula is C14H28. The van der Waals surface area contributed by atoms with Gasteiger partial charge in [-0.3, -0.25) is 0 Å². The van der Waals surface area contributed by atoms with Crippen LogP contribution in [0.2, 0.25) is 0 Å². The summed E-state index contributed by atoms with van der Waals surface area (Å²) in [5.74, 6) is 1.96. The molecule has 1 aliphatic rings. The third-order valence-corrected chi connectivity index (χ3v) is 3.82. The van der Waals surface area contributed by atoms with Gasteiger partial charge in [0.2, 0.25) is 0 Å². The Bertz CT molecular complexity index is 159. The van der Waals surface area contributed by atoms with Gasteiger partial charge in [0.05, 0.1) is 0 Å². The average molecular weight is 196 g/mol. The molecule has 0 aromatic heterocycles. The molecule has 1 aliphatic carbocycles. The van der Waals surface area contributed by atoms with Crippen LogP contribution in [0, 0.1) is 17.3 Å². The first-order chi connectivity index (χ1) is 6.58. The monoisotopic (exact) mass is 196 g/mol. The number of unbranched alkanes of at least 4 members (excludes halogenated alkanes) is 3. The first kappa shape index (κ1) is 12.1. The molecule has 0 spiro atoms. The van der Waals surface area contributed by atoms with Gasteiger partial charge < -0.3 is 0 Å². The maximum absolute atomic E-state index is 2.50. The number of hydrogen-bond donors (Lipinski definition) is 0. The van der Waals surface area contributed by atoms with E-state index < -0.39 is 0 Å². The fraction of sp³-hybridized carbons (Fsp3) is 1.00. The van der Waals surface area contributed by atoms with Crippen LogP contribution >= 0.6 is 0 Å². The lowest BCUT2D eigenvalue weighted by Crippen LogP contribution is -2.03. The summed E-state index contributed by atoms with van der Waals surface area (Å²) in [6.07, 6.45) is 10.2. The van der Waals surface area contributed by atoms with Gasteiger partial charge in [-0.25, -0.2) is 0 Å². The highest BCUT2D eigenvalue weighted by molar-refractivity contribution is 4.98. The second kappa shape index (κ2) is 5.19. The van der Waals surface area contributed by atoms with Crippen LogP contribution in [0.4, 0.5) is 0 Å². The minimum atomic E-state index is 0.736. The van der Waals surface area contributed by atoms with Gasteiger partial charge in [0.25, 0.3) is 0 Å². The normalized spacial score (nSPS) is 31.1. The van der Waals surface area contributed by atoms with Crippen molar-refractivity contribution in [3.8, 4) is 0 Å². The molecule has 2 unspecified atom stereocenters. The second-order valence-corrected chi connectivity index (χ2v) is 6.00. The Morgan fingerprint density at radius 3 is 2.50 bits per heavy atom. The van der Waals surface area contributed by atoms with Crippen molar-refractivity contribution in [2.75, 3.05) is 0 Å². The van der Waals surface area contributed by atoms with E-state index in [1.54, 1.807) is 0 Å². The minimum absolute atomic E-state index is 0.736. The van der Waals surface area contributed by atoms with E-state index in [4.69, 9.17) is 0 Å². The first-order valence-electron chi connectivity index (χ1n) is 6.58. The zero-order chi connectivity index (χ0) is 10.6. The summed E-state index contributed by atoms with van der Waals surface area (Å²) in [4.78, 5) is 0. The Morgan fingerprint density at radius 1 is 1.21 bits per heavy atom. The van der Waals surface area contributed by atoms with E-state index in [-0.39, 0.29) is 0 Å². The summed E-state index contributed by atoms with van der Waals surface area (Å²) in [5, 5.41) is 0. The van der Waals surface area contributed by atoms with Crippen molar-refractivity contribution in [2.45, 2.75) is 72.6 Å². The zero-order valence-corrected chi connectivity index (χ0v) is 10.6. The third-order valence-electron chi connectivity index (χ3n) is 3.82. The lowest BCUT2D eigenvalue weighted by Gasteiger charge is -2.13. The molecule has 0 heterocycles. The molecule has 0 aromatic carbocycles. The fourth-order valence-corrected chi connectivity index (χ4v) is 2.95. The van der Waals surface area contributed by atoms with Gasteiger partial charge in [0.1, 0.15) is 0 Å². The molecule has 1 fully saturated rings. The molecule has 0 heteroatoms. The standard InChI is InChI=1S/C14H28/c1-5-6-7-8-9-13-11-14(13,4)10-12(2)3/h12-13H,5-11H2,1-4H3. The van der Waals surface area contributed by atoms with Crippen molar-refractivity contribution in [3.63, 3.8) is 0 Å². The topological polar surface area (TPSA) is 0 Å². The Hall–Kier alpha value is 0. The number of hydrogen-bond acceptors (Lipinski definition) is 0. The van der Waals surface area contributed by atoms with E-state index in [1.165, 1.54) is 44.9 Å². The summed E-state index contributed by atoms with van der Waals surface area (Å²) in [6, 6.07) is 0. The van der Waals surface area contributed by atoms with E-state index in [2.05, 4.69) is 27.7 Å². The van der Waals surface area contributed by atoms with Crippen LogP contribution in [0.1, 0.15) is 72.6 Å². The van der Waals surface area contributed by atoms with E-state index in [9.17, 15) is 0 Å². The smallest absolute Gasteiger partial charge is 0.0292 e. The maximum Gasteiger partial charge on any atom is -0.0292 e. The van der Waals surface area contributed by atoms with Gasteiger partial charge in [0.15, 0.2) is 0 Å². The molecule has 0 aliphatic heterocycles. The summed E-state index contributed by atoms with van der Waals surface area (Å²) >= 11 is 0. The van der Waals surface area contributed by atoms with Crippen molar-refractivity contribution in [1.29, 1.82) is 0 Å². The molecule has 14 heavy (non-hydrogen) atoms. The Kier molecular flexibility index (Phi) is 4.47. The summed E-state index contributed by atoms with van der Waals surface area (Å²) in [7, 11) is 0. The molecule has 1 saturated carbocycles. The molecule has 2 atom stereocenters. The minimum Gasteiger partial charge on any atom is -0.0654 e. The van der Waals surface area contributed by atoms with Gasteiger partial charge in [-0.2, -0.15) is 0 Å². The van der Waals surface area contributed by atoms with E-state index >= 15 is 0 Å². The molecule has 0 bridgehead atoms. The van der Waals surface area contributed by atoms with Gasteiger partial charge in [0, 0.05) is 0 Å². The fourth-order valence-electron chi connectivity index (χ4n) is 2.95. The van der Waals surface area contributed by atoms with Crippen molar-refractivity contribution >= 4 is 0 Å². The largest absolute Gasteiger partial charge is 0.0654 e. The molecule has 84 valence electrons. The van der Waals surface area contributed by atoms with Crippen molar-refractivity contribution in [2.24, 2.45) is 17.3 Å². The van der Waals surface area contributed by atoms with Crippen LogP contribution < -0.4 is 0 Å². The van der Waals surface area contributed by atoms with Crippen LogP contribution in [0.15, 0.2) is 0 Å². The van der Waals surface area contributed by atoms with Crippen molar-refractivity contribution in [3.05, 3.63) is 0 Å². The summed E-state index contributed by atoms with van der Waals surface area (Å²) in [5.41, 5.74) is 0.736. The molecule has 0 nitrogen and oxygen atoms in total. The average Bonchev–Trinajstić information content (AvgIpc) is 2.69. The molecule has 0 aromatic rings. The third kappa shape index (κ3) is 3.63. The lowest BCUT2D eigenvalue weighted by molar-refractivity contribution is 0.374. The van der Waals surface area contributed by atoms with Crippen molar-refractivity contribution in [1.82, 2.24) is 0 Å². The van der Waals surface area contributed by atoms with Gasteiger partial charge in [-0.1, -0.05) is 53.4 Å². The predicted molar refractivity (Wildman–Crippen MR) is 64.4 cm³/mol. The molecular weight excluding hydrogens is 168 g/mol. The van der Waals surface area contributed by atoms with Crippen LogP contribution in [-0.2, 0) is 0 Å². The summed E-state index contributed by atoms with van der Waals surface area (Å²) in [6.45, 7) is 9.51. The Morgan fingerprint density at radius 2 is 1.93 bits per heavy atom. The van der Waals surface area contributed by atoms with E-state index in [0.717, 1.165) is 17.3 Å². The highest BCUT2D eigenvalue weighted by atomic mass is 14.5. The maximum atomic E-state index is 2.50. The SMILES string of the molecule is CCCCCCC1CC1(C)CC(C)C. The van der Waals surface area contributed by atoms with E-state index in [0.29, 0.717) is 0 Å². The van der Waals surface area contributed by atoms with Crippen LogP contribution in [0.3, 0.4) is 0 Å². The van der Waals surface area contributed by atoms with Gasteiger partial charge in [-0.15, -0.1) is 0 Å². The van der Waals surface area contributed by atoms with Gasteiger partial charge >= 0.3 is 0 Å². The van der Waals surface area contributed by atoms with Crippen LogP contribution in [0.5, 0.6) is 0 Å². The van der Waals surface area contributed by atoms with E-state index in [1.807, 2.05) is 0 Å². The first-order valence-corrected chi connectivity index (χ1v) is 6.58. The highest BCUT2D eigenvalue weighted by Crippen LogP contribution is 2.58. The second-order valence-electron chi connectivity index (χ2n) is 6.00. The lowest BCUT2D eigenvalue weighted by atomic mass is 9.92. The zero-order valence-electron chi connectivity index (χ0n) is 10.6. The molecule has 0 radical (unpaired) electrons. The predicted octanol–water partition coefficient (Wildman–Crippen LogP) is 5.03. The summed E-state index contributed by atoms with van der Waals surface area (Å²) < 4.78 is 0. The van der Waals surface area contributed by atoms with Gasteiger partial charge in [-0.05, 0) is 36.5 Å².